The summed E-state index contributed by atoms with van der Waals surface area (Å²) < 4.78 is 29.4. The molecule has 0 aromatic heterocycles. The van der Waals surface area contributed by atoms with E-state index < -0.39 is 10.1 Å². The van der Waals surface area contributed by atoms with Crippen LogP contribution in [0.25, 0.3) is 0 Å². The molecule has 12 heavy (non-hydrogen) atoms. The molecule has 1 N–H and O–H groups in total. The van der Waals surface area contributed by atoms with Gasteiger partial charge in [-0.2, -0.15) is 8.42 Å². The van der Waals surface area contributed by atoms with E-state index >= 15 is 0 Å². The Hall–Kier alpha value is 0.0564. The Labute approximate surface area is 88.5 Å². The summed E-state index contributed by atoms with van der Waals surface area (Å²) in [7, 11) is -4.08. The number of hydrogen-bond donors (Lipinski definition) is 1. The zero-order chi connectivity index (χ0) is 8.48. The SMILES string of the molecule is O=S(=O)(O)c1ccc(Cl)cc1.[GaH3]. The molecule has 0 saturated carbocycles. The van der Waals surface area contributed by atoms with Gasteiger partial charge in [0.25, 0.3) is 10.1 Å². The molecule has 0 atom stereocenters. The van der Waals surface area contributed by atoms with Crippen LogP contribution in [0.4, 0.5) is 0 Å². The molecular formula is C6H8ClGaO3S. The average molecular weight is 265 g/mol. The molecule has 0 fully saturated rings. The zero-order valence-electron chi connectivity index (χ0n) is 5.36. The monoisotopic (exact) mass is 264 g/mol. The van der Waals surface area contributed by atoms with Crippen molar-refractivity contribution in [2.45, 2.75) is 4.90 Å². The minimum absolute atomic E-state index is 0. The van der Waals surface area contributed by atoms with Crippen molar-refractivity contribution in [3.05, 3.63) is 29.3 Å². The Morgan fingerprint density at radius 1 is 1.17 bits per heavy atom. The van der Waals surface area contributed by atoms with E-state index in [1.807, 2.05) is 0 Å². The van der Waals surface area contributed by atoms with Gasteiger partial charge in [0, 0.05) is 5.02 Å². The van der Waals surface area contributed by atoms with Gasteiger partial charge in [-0.05, 0) is 24.3 Å². The fraction of sp³-hybridized carbons (Fsp3) is 0. The van der Waals surface area contributed by atoms with Gasteiger partial charge < -0.3 is 0 Å². The summed E-state index contributed by atoms with van der Waals surface area (Å²) in [5.41, 5.74) is 0. The maximum absolute atomic E-state index is 10.5. The van der Waals surface area contributed by atoms with E-state index in [1.165, 1.54) is 24.3 Å². The Morgan fingerprint density at radius 2 is 1.58 bits per heavy atom. The van der Waals surface area contributed by atoms with Crippen molar-refractivity contribution in [2.75, 3.05) is 0 Å². The molecule has 0 heterocycles. The van der Waals surface area contributed by atoms with Gasteiger partial charge in [0.05, 0.1) is 4.90 Å². The zero-order valence-corrected chi connectivity index (χ0v) is 6.93. The minimum atomic E-state index is -4.08. The van der Waals surface area contributed by atoms with Crippen molar-refractivity contribution in [1.82, 2.24) is 0 Å². The van der Waals surface area contributed by atoms with E-state index in [1.54, 1.807) is 0 Å². The molecule has 0 aliphatic heterocycles. The van der Waals surface area contributed by atoms with Gasteiger partial charge in [-0.3, -0.25) is 4.55 Å². The van der Waals surface area contributed by atoms with Gasteiger partial charge in [-0.25, -0.2) is 0 Å². The summed E-state index contributed by atoms with van der Waals surface area (Å²) in [6.45, 7) is 0. The molecule has 3 nitrogen and oxygen atoms in total. The second-order valence-electron chi connectivity index (χ2n) is 1.93. The Kier molecular flexibility index (Phi) is 4.36. The second-order valence-corrected chi connectivity index (χ2v) is 3.79. The third-order valence-corrected chi connectivity index (χ3v) is 2.23. The van der Waals surface area contributed by atoms with Crippen LogP contribution in [0.15, 0.2) is 29.2 Å². The molecule has 0 saturated heterocycles. The van der Waals surface area contributed by atoms with Crippen LogP contribution in [-0.4, -0.2) is 32.8 Å². The molecule has 0 spiro atoms. The van der Waals surface area contributed by atoms with Crippen LogP contribution in [0.3, 0.4) is 0 Å². The first-order valence-corrected chi connectivity index (χ1v) is 4.55. The van der Waals surface area contributed by atoms with Gasteiger partial charge in [0.2, 0.25) is 0 Å². The number of rotatable bonds is 1. The number of halogens is 1. The predicted octanol–water partition coefficient (Wildman–Crippen LogP) is 0.403. The molecule has 0 amide bonds. The summed E-state index contributed by atoms with van der Waals surface area (Å²) in [6, 6.07) is 5.25. The summed E-state index contributed by atoms with van der Waals surface area (Å²) >= 11 is 5.49. The predicted molar refractivity (Wildman–Crippen MR) is 51.2 cm³/mol. The fourth-order valence-corrected chi connectivity index (χ4v) is 1.21. The quantitative estimate of drug-likeness (QED) is 0.591. The van der Waals surface area contributed by atoms with Crippen LogP contribution >= 0.6 is 11.6 Å². The van der Waals surface area contributed by atoms with Crippen molar-refractivity contribution in [3.63, 3.8) is 0 Å². The number of benzene rings is 1. The van der Waals surface area contributed by atoms with Crippen molar-refractivity contribution < 1.29 is 13.0 Å². The molecule has 1 aromatic carbocycles. The van der Waals surface area contributed by atoms with E-state index in [4.69, 9.17) is 16.2 Å². The first kappa shape index (κ1) is 12.1. The van der Waals surface area contributed by atoms with Crippen molar-refractivity contribution in [3.8, 4) is 0 Å². The fourth-order valence-electron chi connectivity index (χ4n) is 0.607. The molecular weight excluding hydrogens is 257 g/mol. The van der Waals surface area contributed by atoms with Gasteiger partial charge in [0.15, 0.2) is 0 Å². The Bertz CT molecular complexity index is 346. The van der Waals surface area contributed by atoms with Crippen LogP contribution in [0.5, 0.6) is 0 Å². The Balaban J connectivity index is 0.00000121. The topological polar surface area (TPSA) is 54.4 Å². The normalized spacial score (nSPS) is 10.5. The molecule has 1 rings (SSSR count). The van der Waals surface area contributed by atoms with E-state index in [0.29, 0.717) is 5.02 Å². The molecule has 66 valence electrons. The summed E-state index contributed by atoms with van der Waals surface area (Å²) in [5, 5.41) is 0.428. The van der Waals surface area contributed by atoms with Crippen molar-refractivity contribution in [2.24, 2.45) is 0 Å². The number of hydrogen-bond acceptors (Lipinski definition) is 2. The third-order valence-electron chi connectivity index (χ3n) is 1.11. The van der Waals surface area contributed by atoms with Crippen LogP contribution < -0.4 is 0 Å². The van der Waals surface area contributed by atoms with Crippen molar-refractivity contribution >= 4 is 41.5 Å². The summed E-state index contributed by atoms with van der Waals surface area (Å²) in [6.07, 6.45) is 0. The first-order valence-electron chi connectivity index (χ1n) is 2.73. The second kappa shape index (κ2) is 4.34. The Morgan fingerprint density at radius 3 is 1.92 bits per heavy atom. The van der Waals surface area contributed by atoms with Gasteiger partial charge in [0.1, 0.15) is 0 Å². The maximum atomic E-state index is 10.5. The average Bonchev–Trinajstić information content (AvgIpc) is 1.86. The molecule has 0 aliphatic carbocycles. The summed E-state index contributed by atoms with van der Waals surface area (Å²) in [4.78, 5) is -0.151. The molecule has 0 aliphatic rings. The van der Waals surface area contributed by atoms with E-state index in [0.717, 1.165) is 0 Å². The molecule has 0 radical (unpaired) electrons. The van der Waals surface area contributed by atoms with Gasteiger partial charge in [-0.15, -0.1) is 0 Å². The van der Waals surface area contributed by atoms with E-state index in [2.05, 4.69) is 0 Å². The van der Waals surface area contributed by atoms with Gasteiger partial charge in [-0.1, -0.05) is 11.6 Å². The van der Waals surface area contributed by atoms with E-state index in [-0.39, 0.29) is 24.7 Å². The molecule has 0 bridgehead atoms. The molecule has 0 unspecified atom stereocenters. The van der Waals surface area contributed by atoms with E-state index in [9.17, 15) is 8.42 Å². The third kappa shape index (κ3) is 3.20. The molecule has 1 aromatic rings. The molecule has 6 heteroatoms. The summed E-state index contributed by atoms with van der Waals surface area (Å²) in [5.74, 6) is 0. The standard InChI is InChI=1S/C6H5ClO3S.Ga.3H/c7-5-1-3-6(4-2-5)11(8,9)10;;;;/h1-4H,(H,8,9,10);;;;. The van der Waals surface area contributed by atoms with Crippen LogP contribution in [-0.2, 0) is 10.1 Å². The first-order chi connectivity index (χ1) is 5.00. The van der Waals surface area contributed by atoms with Crippen molar-refractivity contribution in [1.29, 1.82) is 0 Å². The van der Waals surface area contributed by atoms with Gasteiger partial charge >= 0.3 is 19.8 Å². The van der Waals surface area contributed by atoms with Crippen LogP contribution in [0.2, 0.25) is 5.02 Å². The van der Waals surface area contributed by atoms with Crippen LogP contribution in [0.1, 0.15) is 0 Å². The van der Waals surface area contributed by atoms with Crippen LogP contribution in [0, 0.1) is 0 Å².